The maximum atomic E-state index is 13.0. The molecule has 1 atom stereocenters. The average molecular weight is 432 g/mol. The number of carbonyl (C=O) groups is 2. The van der Waals surface area contributed by atoms with Crippen molar-refractivity contribution < 1.29 is 14.3 Å². The number of amides is 2. The Morgan fingerprint density at radius 1 is 1.20 bits per heavy atom. The lowest BCUT2D eigenvalue weighted by atomic mass is 9.95. The van der Waals surface area contributed by atoms with Crippen molar-refractivity contribution in [2.45, 2.75) is 52.0 Å². The van der Waals surface area contributed by atoms with Crippen molar-refractivity contribution in [1.29, 1.82) is 0 Å². The van der Waals surface area contributed by atoms with Crippen LogP contribution in [-0.4, -0.2) is 50.8 Å². The second-order valence-corrected chi connectivity index (χ2v) is 8.58. The highest BCUT2D eigenvalue weighted by Crippen LogP contribution is 2.28. The molecule has 2 aliphatic heterocycles. The normalized spacial score (nSPS) is 19.6. The Morgan fingerprint density at radius 2 is 1.90 bits per heavy atom. The van der Waals surface area contributed by atoms with Crippen LogP contribution in [0, 0.1) is 5.92 Å². The van der Waals surface area contributed by atoms with E-state index in [1.54, 1.807) is 9.58 Å². The number of fused-ring (bicyclic) bond motifs is 1. The van der Waals surface area contributed by atoms with E-state index in [0.29, 0.717) is 48.9 Å². The van der Waals surface area contributed by atoms with Gasteiger partial charge in [0.1, 0.15) is 6.10 Å². The van der Waals surface area contributed by atoms with Gasteiger partial charge in [0.15, 0.2) is 5.69 Å². The highest BCUT2D eigenvalue weighted by Gasteiger charge is 2.33. The van der Waals surface area contributed by atoms with Gasteiger partial charge in [-0.05, 0) is 44.4 Å². The minimum atomic E-state index is -0.158. The molecule has 160 valence electrons. The lowest BCUT2D eigenvalue weighted by molar-refractivity contribution is -0.126. The molecular formula is C21H26ClN5O3. The second kappa shape index (κ2) is 8.73. The molecule has 0 radical (unpaired) electrons. The number of likely N-dealkylation sites (tertiary alicyclic amines) is 1. The van der Waals surface area contributed by atoms with Gasteiger partial charge in [-0.2, -0.15) is 0 Å². The van der Waals surface area contributed by atoms with Gasteiger partial charge in [-0.25, -0.2) is 4.68 Å². The third kappa shape index (κ3) is 4.34. The van der Waals surface area contributed by atoms with Crippen LogP contribution in [0.15, 0.2) is 24.3 Å². The first-order valence-electron chi connectivity index (χ1n) is 10.3. The molecule has 0 saturated carbocycles. The zero-order valence-electron chi connectivity index (χ0n) is 17.2. The summed E-state index contributed by atoms with van der Waals surface area (Å²) < 4.78 is 7.73. The number of rotatable bonds is 4. The van der Waals surface area contributed by atoms with Gasteiger partial charge >= 0.3 is 0 Å². The standard InChI is InChI=1S/C21H26ClN5O3/c1-13(2)23-20(28)15-7-9-26(10-8-15)21(29)19-17-12-30-18(11-27(17)25-24-19)14-3-5-16(22)6-4-14/h3-6,13,15,18H,7-12H2,1-2H3,(H,23,28)/t18-/m0/s1. The molecule has 0 bridgehead atoms. The van der Waals surface area contributed by atoms with Crippen LogP contribution in [0.1, 0.15) is 54.5 Å². The van der Waals surface area contributed by atoms with Gasteiger partial charge < -0.3 is 15.0 Å². The number of aromatic nitrogens is 3. The minimum Gasteiger partial charge on any atom is -0.365 e. The van der Waals surface area contributed by atoms with Gasteiger partial charge in [0.25, 0.3) is 5.91 Å². The average Bonchev–Trinajstić information content (AvgIpc) is 3.16. The van der Waals surface area contributed by atoms with Gasteiger partial charge in [0.2, 0.25) is 5.91 Å². The quantitative estimate of drug-likeness (QED) is 0.803. The molecule has 30 heavy (non-hydrogen) atoms. The van der Waals surface area contributed by atoms with E-state index in [4.69, 9.17) is 16.3 Å². The Hall–Kier alpha value is -2.45. The summed E-state index contributed by atoms with van der Waals surface area (Å²) in [5, 5.41) is 12.0. The van der Waals surface area contributed by atoms with Crippen molar-refractivity contribution in [2.75, 3.05) is 13.1 Å². The largest absolute Gasteiger partial charge is 0.365 e. The fourth-order valence-electron chi connectivity index (χ4n) is 3.95. The molecule has 8 nitrogen and oxygen atoms in total. The van der Waals surface area contributed by atoms with E-state index in [0.717, 1.165) is 5.56 Å². The third-order valence-corrected chi connectivity index (χ3v) is 5.88. The van der Waals surface area contributed by atoms with Crippen LogP contribution in [0.5, 0.6) is 0 Å². The smallest absolute Gasteiger partial charge is 0.276 e. The predicted octanol–water partition coefficient (Wildman–Crippen LogP) is 2.58. The van der Waals surface area contributed by atoms with Crippen LogP contribution in [0.2, 0.25) is 5.02 Å². The van der Waals surface area contributed by atoms with Crippen LogP contribution < -0.4 is 5.32 Å². The van der Waals surface area contributed by atoms with Crippen molar-refractivity contribution in [3.05, 3.63) is 46.2 Å². The van der Waals surface area contributed by atoms with Crippen molar-refractivity contribution >= 4 is 23.4 Å². The van der Waals surface area contributed by atoms with Crippen molar-refractivity contribution in [3.8, 4) is 0 Å². The number of piperidine rings is 1. The maximum Gasteiger partial charge on any atom is 0.276 e. The summed E-state index contributed by atoms with van der Waals surface area (Å²) in [6.07, 6.45) is 1.15. The molecule has 0 unspecified atom stereocenters. The number of ether oxygens (including phenoxy) is 1. The van der Waals surface area contributed by atoms with Crippen LogP contribution in [0.3, 0.4) is 0 Å². The summed E-state index contributed by atoms with van der Waals surface area (Å²) in [5.41, 5.74) is 2.05. The number of hydrogen-bond donors (Lipinski definition) is 1. The number of carbonyl (C=O) groups excluding carboxylic acids is 2. The molecule has 1 aromatic carbocycles. The first-order chi connectivity index (χ1) is 14.4. The van der Waals surface area contributed by atoms with E-state index in [2.05, 4.69) is 15.6 Å². The zero-order chi connectivity index (χ0) is 21.3. The molecule has 1 aromatic heterocycles. The van der Waals surface area contributed by atoms with Gasteiger partial charge in [-0.3, -0.25) is 9.59 Å². The summed E-state index contributed by atoms with van der Waals surface area (Å²) in [6, 6.07) is 7.65. The van der Waals surface area contributed by atoms with E-state index in [1.165, 1.54) is 0 Å². The molecule has 0 aliphatic carbocycles. The molecule has 2 aromatic rings. The number of nitrogens with one attached hydrogen (secondary N) is 1. The molecule has 1 fully saturated rings. The third-order valence-electron chi connectivity index (χ3n) is 5.63. The summed E-state index contributed by atoms with van der Waals surface area (Å²) in [5.74, 6) is -0.124. The highest BCUT2D eigenvalue weighted by atomic mass is 35.5. The van der Waals surface area contributed by atoms with E-state index in [-0.39, 0.29) is 36.5 Å². The maximum absolute atomic E-state index is 13.0. The molecular weight excluding hydrogens is 406 g/mol. The minimum absolute atomic E-state index is 0.0473. The number of hydrogen-bond acceptors (Lipinski definition) is 5. The molecule has 2 amide bonds. The Kier molecular flexibility index (Phi) is 6.06. The summed E-state index contributed by atoms with van der Waals surface area (Å²) in [7, 11) is 0. The monoisotopic (exact) mass is 431 g/mol. The molecule has 4 rings (SSSR count). The van der Waals surface area contributed by atoms with Gasteiger partial charge in [-0.1, -0.05) is 28.9 Å². The van der Waals surface area contributed by atoms with Crippen molar-refractivity contribution in [3.63, 3.8) is 0 Å². The first-order valence-corrected chi connectivity index (χ1v) is 10.7. The van der Waals surface area contributed by atoms with Crippen molar-refractivity contribution in [2.24, 2.45) is 5.92 Å². The SMILES string of the molecule is CC(C)NC(=O)C1CCN(C(=O)c2nnn3c2CO[C@H](c2ccc(Cl)cc2)C3)CC1. The van der Waals surface area contributed by atoms with E-state index in [9.17, 15) is 9.59 Å². The van der Waals surface area contributed by atoms with E-state index >= 15 is 0 Å². The van der Waals surface area contributed by atoms with Crippen LogP contribution in [0.4, 0.5) is 0 Å². The molecule has 2 aliphatic rings. The van der Waals surface area contributed by atoms with Crippen LogP contribution >= 0.6 is 11.6 Å². The van der Waals surface area contributed by atoms with Crippen LogP contribution in [0.25, 0.3) is 0 Å². The van der Waals surface area contributed by atoms with Crippen LogP contribution in [-0.2, 0) is 22.7 Å². The zero-order valence-corrected chi connectivity index (χ0v) is 17.9. The molecule has 9 heteroatoms. The lowest BCUT2D eigenvalue weighted by Gasteiger charge is -2.31. The molecule has 0 spiro atoms. The number of benzene rings is 1. The Bertz CT molecular complexity index is 919. The first kappa shape index (κ1) is 20.8. The Labute approximate surface area is 180 Å². The second-order valence-electron chi connectivity index (χ2n) is 8.15. The number of nitrogens with zero attached hydrogens (tertiary/aromatic N) is 4. The Morgan fingerprint density at radius 3 is 2.57 bits per heavy atom. The van der Waals surface area contributed by atoms with E-state index in [1.807, 2.05) is 38.1 Å². The fourth-order valence-corrected chi connectivity index (χ4v) is 4.08. The fraction of sp³-hybridized carbons (Fsp3) is 0.524. The van der Waals surface area contributed by atoms with E-state index < -0.39 is 0 Å². The molecule has 1 N–H and O–H groups in total. The summed E-state index contributed by atoms with van der Waals surface area (Å²) in [6.45, 7) is 5.74. The number of halogens is 1. The lowest BCUT2D eigenvalue weighted by Crippen LogP contribution is -2.44. The predicted molar refractivity (Wildman–Crippen MR) is 111 cm³/mol. The van der Waals surface area contributed by atoms with Crippen molar-refractivity contribution in [1.82, 2.24) is 25.2 Å². The Balaban J connectivity index is 1.39. The molecule has 1 saturated heterocycles. The summed E-state index contributed by atoms with van der Waals surface area (Å²) in [4.78, 5) is 27.0. The van der Waals surface area contributed by atoms with Gasteiger partial charge in [-0.15, -0.1) is 5.10 Å². The van der Waals surface area contributed by atoms with Gasteiger partial charge in [0, 0.05) is 30.1 Å². The topological polar surface area (TPSA) is 89.4 Å². The van der Waals surface area contributed by atoms with Gasteiger partial charge in [0.05, 0.1) is 18.8 Å². The summed E-state index contributed by atoms with van der Waals surface area (Å²) >= 11 is 5.96. The highest BCUT2D eigenvalue weighted by molar-refractivity contribution is 6.30. The molecule has 3 heterocycles.